The first-order valence-electron chi connectivity index (χ1n) is 10.7. The predicted molar refractivity (Wildman–Crippen MR) is 102 cm³/mol. The lowest BCUT2D eigenvalue weighted by molar-refractivity contribution is -0.142. The summed E-state index contributed by atoms with van der Waals surface area (Å²) in [6.07, 6.45) is 8.64. The smallest absolute Gasteiger partial charge is 0.251 e. The number of piperazine rings is 1. The molecule has 26 heavy (non-hydrogen) atoms. The summed E-state index contributed by atoms with van der Waals surface area (Å²) in [5, 5.41) is 3.48. The van der Waals surface area contributed by atoms with Crippen molar-refractivity contribution < 1.29 is 9.53 Å². The lowest BCUT2D eigenvalue weighted by Gasteiger charge is -2.42. The predicted octanol–water partition coefficient (Wildman–Crippen LogP) is 1.86. The molecule has 1 amide bonds. The van der Waals surface area contributed by atoms with Crippen molar-refractivity contribution in [1.29, 1.82) is 0 Å². The molecule has 2 aliphatic heterocycles. The van der Waals surface area contributed by atoms with E-state index in [1.54, 1.807) is 0 Å². The Morgan fingerprint density at radius 1 is 1.12 bits per heavy atom. The third-order valence-electron chi connectivity index (χ3n) is 6.77. The van der Waals surface area contributed by atoms with Crippen molar-refractivity contribution in [3.63, 3.8) is 0 Å². The van der Waals surface area contributed by atoms with Crippen LogP contribution in [0.1, 0.15) is 51.9 Å². The highest BCUT2D eigenvalue weighted by Gasteiger charge is 2.48. The van der Waals surface area contributed by atoms with E-state index < -0.39 is 0 Å². The summed E-state index contributed by atoms with van der Waals surface area (Å²) in [6, 6.07) is 0. The van der Waals surface area contributed by atoms with Crippen molar-refractivity contribution in [1.82, 2.24) is 15.1 Å². The standard InChI is InChI=1S/C20H34N4O2/c1-2-21-19(22-15-20(8-4-9-20)16-6-7-16)24-12-10-23(11-13-24)18(25)17-5-3-14-26-17/h16-17H,2-15H2,1H3,(H,21,22). The van der Waals surface area contributed by atoms with E-state index in [0.29, 0.717) is 5.41 Å². The largest absolute Gasteiger partial charge is 0.368 e. The molecule has 4 aliphatic rings. The molecule has 2 saturated carbocycles. The Hall–Kier alpha value is -1.30. The molecule has 0 aromatic heterocycles. The van der Waals surface area contributed by atoms with Gasteiger partial charge in [0, 0.05) is 45.9 Å². The van der Waals surface area contributed by atoms with Gasteiger partial charge in [0.05, 0.1) is 0 Å². The Labute approximate surface area is 157 Å². The van der Waals surface area contributed by atoms with Crippen molar-refractivity contribution >= 4 is 11.9 Å². The van der Waals surface area contributed by atoms with Gasteiger partial charge in [0.2, 0.25) is 0 Å². The molecule has 146 valence electrons. The van der Waals surface area contributed by atoms with E-state index in [-0.39, 0.29) is 12.0 Å². The molecule has 4 rings (SSSR count). The number of carbonyl (C=O) groups excluding carboxylic acids is 1. The minimum absolute atomic E-state index is 0.186. The molecule has 0 aromatic carbocycles. The van der Waals surface area contributed by atoms with Crippen molar-refractivity contribution in [2.24, 2.45) is 16.3 Å². The number of guanidine groups is 1. The molecular formula is C20H34N4O2. The molecule has 2 heterocycles. The van der Waals surface area contributed by atoms with Crippen LogP contribution in [0.5, 0.6) is 0 Å². The lowest BCUT2D eigenvalue weighted by Crippen LogP contribution is -2.55. The summed E-state index contributed by atoms with van der Waals surface area (Å²) >= 11 is 0. The first-order valence-corrected chi connectivity index (χ1v) is 10.7. The second-order valence-electron chi connectivity index (χ2n) is 8.47. The van der Waals surface area contributed by atoms with Crippen LogP contribution in [0.25, 0.3) is 0 Å². The fourth-order valence-electron chi connectivity index (χ4n) is 4.79. The van der Waals surface area contributed by atoms with Crippen LogP contribution in [0.3, 0.4) is 0 Å². The number of rotatable bonds is 5. The summed E-state index contributed by atoms with van der Waals surface area (Å²) in [5.74, 6) is 2.17. The van der Waals surface area contributed by atoms with Crippen molar-refractivity contribution in [2.45, 2.75) is 58.0 Å². The quantitative estimate of drug-likeness (QED) is 0.599. The van der Waals surface area contributed by atoms with Crippen LogP contribution >= 0.6 is 0 Å². The number of nitrogens with one attached hydrogen (secondary N) is 1. The van der Waals surface area contributed by atoms with Crippen LogP contribution in [0, 0.1) is 11.3 Å². The fourth-order valence-corrected chi connectivity index (χ4v) is 4.79. The summed E-state index contributed by atoms with van der Waals surface area (Å²) in [5.41, 5.74) is 0.512. The van der Waals surface area contributed by atoms with Gasteiger partial charge in [-0.1, -0.05) is 6.42 Å². The van der Waals surface area contributed by atoms with Crippen molar-refractivity contribution in [3.05, 3.63) is 0 Å². The number of amides is 1. The maximum absolute atomic E-state index is 12.5. The van der Waals surface area contributed by atoms with Crippen LogP contribution in [0.15, 0.2) is 4.99 Å². The maximum Gasteiger partial charge on any atom is 0.251 e. The first kappa shape index (κ1) is 18.1. The summed E-state index contributed by atoms with van der Waals surface area (Å²) < 4.78 is 5.56. The van der Waals surface area contributed by atoms with E-state index in [4.69, 9.17) is 9.73 Å². The molecular weight excluding hydrogens is 328 g/mol. The van der Waals surface area contributed by atoms with Crippen LogP contribution in [0.4, 0.5) is 0 Å². The van der Waals surface area contributed by atoms with Gasteiger partial charge < -0.3 is 19.9 Å². The Balaban J connectivity index is 1.32. The highest BCUT2D eigenvalue weighted by atomic mass is 16.5. The second-order valence-corrected chi connectivity index (χ2v) is 8.47. The van der Waals surface area contributed by atoms with Gasteiger partial charge in [-0.2, -0.15) is 0 Å². The fraction of sp³-hybridized carbons (Fsp3) is 0.900. The molecule has 0 bridgehead atoms. The Morgan fingerprint density at radius 3 is 2.38 bits per heavy atom. The first-order chi connectivity index (χ1) is 12.7. The molecule has 6 nitrogen and oxygen atoms in total. The third kappa shape index (κ3) is 3.71. The molecule has 6 heteroatoms. The monoisotopic (exact) mass is 362 g/mol. The molecule has 1 unspecified atom stereocenters. The maximum atomic E-state index is 12.5. The van der Waals surface area contributed by atoms with E-state index in [9.17, 15) is 4.79 Å². The minimum Gasteiger partial charge on any atom is -0.368 e. The zero-order chi connectivity index (χ0) is 18.0. The number of nitrogens with zero attached hydrogens (tertiary/aromatic N) is 3. The Morgan fingerprint density at radius 2 is 1.85 bits per heavy atom. The Bertz CT molecular complexity index is 528. The molecule has 0 aromatic rings. The molecule has 4 fully saturated rings. The number of aliphatic imine (C=N–C) groups is 1. The summed E-state index contributed by atoms with van der Waals surface area (Å²) in [6.45, 7) is 8.01. The number of hydrogen-bond acceptors (Lipinski definition) is 3. The van der Waals surface area contributed by atoms with Crippen LogP contribution < -0.4 is 5.32 Å². The van der Waals surface area contributed by atoms with Gasteiger partial charge >= 0.3 is 0 Å². The summed E-state index contributed by atoms with van der Waals surface area (Å²) in [4.78, 5) is 21.9. The average Bonchev–Trinajstić information content (AvgIpc) is 3.33. The molecule has 0 spiro atoms. The van der Waals surface area contributed by atoms with Gasteiger partial charge in [0.25, 0.3) is 5.91 Å². The van der Waals surface area contributed by atoms with Gasteiger partial charge in [-0.15, -0.1) is 0 Å². The van der Waals surface area contributed by atoms with Gasteiger partial charge in [0.15, 0.2) is 5.96 Å². The summed E-state index contributed by atoms with van der Waals surface area (Å²) in [7, 11) is 0. The second kappa shape index (κ2) is 7.75. The number of carbonyl (C=O) groups is 1. The van der Waals surface area contributed by atoms with E-state index in [1.807, 2.05) is 4.90 Å². The van der Waals surface area contributed by atoms with Crippen LogP contribution in [-0.2, 0) is 9.53 Å². The highest BCUT2D eigenvalue weighted by molar-refractivity contribution is 5.82. The minimum atomic E-state index is -0.194. The molecule has 1 N–H and O–H groups in total. The molecule has 0 radical (unpaired) electrons. The van der Waals surface area contributed by atoms with Crippen LogP contribution in [0.2, 0.25) is 0 Å². The molecule has 2 aliphatic carbocycles. The van der Waals surface area contributed by atoms with Gasteiger partial charge in [-0.3, -0.25) is 9.79 Å². The number of ether oxygens (including phenoxy) is 1. The van der Waals surface area contributed by atoms with Crippen molar-refractivity contribution in [3.8, 4) is 0 Å². The third-order valence-corrected chi connectivity index (χ3v) is 6.77. The van der Waals surface area contributed by atoms with E-state index >= 15 is 0 Å². The average molecular weight is 363 g/mol. The zero-order valence-corrected chi connectivity index (χ0v) is 16.2. The topological polar surface area (TPSA) is 57.2 Å². The van der Waals surface area contributed by atoms with E-state index in [2.05, 4.69) is 17.1 Å². The SMILES string of the molecule is CCNC(=NCC1(C2CC2)CCC1)N1CCN(C(=O)C2CCCO2)CC1. The van der Waals surface area contributed by atoms with Gasteiger partial charge in [0.1, 0.15) is 6.10 Å². The zero-order valence-electron chi connectivity index (χ0n) is 16.2. The molecule has 2 saturated heterocycles. The highest BCUT2D eigenvalue weighted by Crippen LogP contribution is 2.57. The lowest BCUT2D eigenvalue weighted by atomic mass is 9.65. The normalized spacial score (nSPS) is 28.8. The van der Waals surface area contributed by atoms with Crippen LogP contribution in [-0.4, -0.2) is 73.6 Å². The van der Waals surface area contributed by atoms with Gasteiger partial charge in [-0.25, -0.2) is 0 Å². The van der Waals surface area contributed by atoms with E-state index in [1.165, 1.54) is 32.1 Å². The van der Waals surface area contributed by atoms with E-state index in [0.717, 1.165) is 70.6 Å². The van der Waals surface area contributed by atoms with Crippen molar-refractivity contribution in [2.75, 3.05) is 45.9 Å². The molecule has 1 atom stereocenters. The Kier molecular flexibility index (Phi) is 5.39. The van der Waals surface area contributed by atoms with Gasteiger partial charge in [-0.05, 0) is 56.8 Å². The number of hydrogen-bond donors (Lipinski definition) is 1.